The number of hydrogen-bond donors (Lipinski definition) is 0. The zero-order valence-electron chi connectivity index (χ0n) is 14.7. The van der Waals surface area contributed by atoms with E-state index < -0.39 is 5.92 Å². The molecular weight excluding hydrogens is 423 g/mol. The standard InChI is InChI=1S/C22H23IO2/c1-3-21(24)20(22(25)4-2)15-18-9-7-16(8-10-18)5-6-17-11-13-19(23)14-12-17/h5-14,20H,3-4,15H2,1-2H3. The van der Waals surface area contributed by atoms with Crippen molar-refractivity contribution < 1.29 is 9.59 Å². The monoisotopic (exact) mass is 446 g/mol. The summed E-state index contributed by atoms with van der Waals surface area (Å²) in [5.41, 5.74) is 3.29. The minimum Gasteiger partial charge on any atom is -0.299 e. The van der Waals surface area contributed by atoms with Crippen molar-refractivity contribution in [2.45, 2.75) is 33.1 Å². The maximum Gasteiger partial charge on any atom is 0.143 e. The molecule has 0 amide bonds. The fraction of sp³-hybridized carbons (Fsp3) is 0.273. The first-order valence-corrected chi connectivity index (χ1v) is 9.69. The van der Waals surface area contributed by atoms with Crippen molar-refractivity contribution in [1.29, 1.82) is 0 Å². The number of benzene rings is 2. The van der Waals surface area contributed by atoms with E-state index in [1.165, 1.54) is 3.57 Å². The molecule has 2 rings (SSSR count). The molecule has 0 saturated carbocycles. The lowest BCUT2D eigenvalue weighted by Gasteiger charge is -2.13. The summed E-state index contributed by atoms with van der Waals surface area (Å²) in [6, 6.07) is 16.4. The van der Waals surface area contributed by atoms with E-state index in [1.54, 1.807) is 0 Å². The van der Waals surface area contributed by atoms with E-state index in [0.29, 0.717) is 19.3 Å². The summed E-state index contributed by atoms with van der Waals surface area (Å²) < 4.78 is 1.22. The fourth-order valence-corrected chi connectivity index (χ4v) is 3.03. The summed E-state index contributed by atoms with van der Waals surface area (Å²) in [6.07, 6.45) is 5.47. The highest BCUT2D eigenvalue weighted by molar-refractivity contribution is 14.1. The lowest BCUT2D eigenvalue weighted by atomic mass is 9.89. The third kappa shape index (κ3) is 5.92. The highest BCUT2D eigenvalue weighted by Gasteiger charge is 2.23. The molecule has 3 heteroatoms. The Balaban J connectivity index is 2.06. The zero-order valence-corrected chi connectivity index (χ0v) is 16.8. The molecule has 0 aliphatic heterocycles. The highest BCUT2D eigenvalue weighted by Crippen LogP contribution is 2.17. The number of hydrogen-bond acceptors (Lipinski definition) is 2. The molecule has 130 valence electrons. The molecule has 0 saturated heterocycles. The van der Waals surface area contributed by atoms with Gasteiger partial charge in [0.1, 0.15) is 11.6 Å². The first kappa shape index (κ1) is 19.6. The number of halogens is 1. The smallest absolute Gasteiger partial charge is 0.143 e. The van der Waals surface area contributed by atoms with Crippen LogP contribution in [0.2, 0.25) is 0 Å². The van der Waals surface area contributed by atoms with Gasteiger partial charge < -0.3 is 0 Å². The second kappa shape index (κ2) is 9.66. The molecule has 0 bridgehead atoms. The number of carbonyl (C=O) groups is 2. The molecule has 0 atom stereocenters. The van der Waals surface area contributed by atoms with Crippen LogP contribution in [0.5, 0.6) is 0 Å². The normalized spacial score (nSPS) is 11.2. The molecule has 25 heavy (non-hydrogen) atoms. The highest BCUT2D eigenvalue weighted by atomic mass is 127. The summed E-state index contributed by atoms with van der Waals surface area (Å²) in [6.45, 7) is 3.63. The van der Waals surface area contributed by atoms with Crippen LogP contribution in [0.25, 0.3) is 12.2 Å². The van der Waals surface area contributed by atoms with Crippen molar-refractivity contribution in [2.24, 2.45) is 5.92 Å². The Kier molecular flexibility index (Phi) is 7.56. The topological polar surface area (TPSA) is 34.1 Å². The van der Waals surface area contributed by atoms with Crippen LogP contribution in [0.3, 0.4) is 0 Å². The average Bonchev–Trinajstić information content (AvgIpc) is 2.65. The van der Waals surface area contributed by atoms with Crippen LogP contribution in [0.15, 0.2) is 48.5 Å². The predicted molar refractivity (Wildman–Crippen MR) is 112 cm³/mol. The molecule has 2 nitrogen and oxygen atoms in total. The molecule has 0 spiro atoms. The zero-order chi connectivity index (χ0) is 18.2. The van der Waals surface area contributed by atoms with Crippen LogP contribution < -0.4 is 0 Å². The van der Waals surface area contributed by atoms with Crippen molar-refractivity contribution in [3.8, 4) is 0 Å². The molecule has 0 aliphatic rings. The molecule has 0 aliphatic carbocycles. The SMILES string of the molecule is CCC(=O)C(Cc1ccc(C=Cc2ccc(I)cc2)cc1)C(=O)CC. The predicted octanol–water partition coefficient (Wildman–Crippen LogP) is 5.58. The third-order valence-corrected chi connectivity index (χ3v) is 4.95. The third-order valence-electron chi connectivity index (χ3n) is 4.23. The Hall–Kier alpha value is -1.75. The van der Waals surface area contributed by atoms with Crippen molar-refractivity contribution in [1.82, 2.24) is 0 Å². The van der Waals surface area contributed by atoms with Crippen molar-refractivity contribution >= 4 is 46.3 Å². The molecule has 0 unspecified atom stereocenters. The van der Waals surface area contributed by atoms with Gasteiger partial charge in [0, 0.05) is 16.4 Å². The Morgan fingerprint density at radius 3 is 1.72 bits per heavy atom. The summed E-state index contributed by atoms with van der Waals surface area (Å²) in [7, 11) is 0. The van der Waals surface area contributed by atoms with Crippen LogP contribution in [-0.4, -0.2) is 11.6 Å². The van der Waals surface area contributed by atoms with E-state index in [2.05, 4.69) is 59.0 Å². The van der Waals surface area contributed by atoms with Gasteiger partial charge in [-0.15, -0.1) is 0 Å². The Morgan fingerprint density at radius 1 is 0.840 bits per heavy atom. The summed E-state index contributed by atoms with van der Waals surface area (Å²) in [4.78, 5) is 24.1. The summed E-state index contributed by atoms with van der Waals surface area (Å²) >= 11 is 2.29. The molecule has 0 fully saturated rings. The lowest BCUT2D eigenvalue weighted by Crippen LogP contribution is -2.25. The molecule has 0 heterocycles. The molecule has 0 N–H and O–H groups in total. The summed E-state index contributed by atoms with van der Waals surface area (Å²) in [5, 5.41) is 0. The Morgan fingerprint density at radius 2 is 1.28 bits per heavy atom. The van der Waals surface area contributed by atoms with Gasteiger partial charge in [0.2, 0.25) is 0 Å². The quantitative estimate of drug-likeness (QED) is 0.302. The number of Topliss-reactive ketones (excluding diaryl/α,β-unsaturated/α-hetero) is 2. The van der Waals surface area contributed by atoms with E-state index >= 15 is 0 Å². The van der Waals surface area contributed by atoms with E-state index in [0.717, 1.165) is 16.7 Å². The second-order valence-corrected chi connectivity index (χ2v) is 7.27. The van der Waals surface area contributed by atoms with Crippen LogP contribution in [0.1, 0.15) is 43.4 Å². The van der Waals surface area contributed by atoms with Crippen LogP contribution in [0, 0.1) is 9.49 Å². The van der Waals surface area contributed by atoms with E-state index in [-0.39, 0.29) is 11.6 Å². The molecule has 0 radical (unpaired) electrons. The van der Waals surface area contributed by atoms with Gasteiger partial charge in [0.25, 0.3) is 0 Å². The fourth-order valence-electron chi connectivity index (χ4n) is 2.67. The average molecular weight is 446 g/mol. The first-order chi connectivity index (χ1) is 12.0. The number of ketones is 2. The molecular formula is C22H23IO2. The molecule has 2 aromatic carbocycles. The summed E-state index contributed by atoms with van der Waals surface area (Å²) in [5.74, 6) is -0.424. The number of rotatable bonds is 8. The van der Waals surface area contributed by atoms with Gasteiger partial charge >= 0.3 is 0 Å². The van der Waals surface area contributed by atoms with Crippen molar-refractivity contribution in [3.63, 3.8) is 0 Å². The number of carbonyl (C=O) groups excluding carboxylic acids is 2. The van der Waals surface area contributed by atoms with Crippen LogP contribution in [-0.2, 0) is 16.0 Å². The maximum atomic E-state index is 12.0. The van der Waals surface area contributed by atoms with E-state index in [4.69, 9.17) is 0 Å². The van der Waals surface area contributed by atoms with Gasteiger partial charge in [0.05, 0.1) is 5.92 Å². The molecule has 0 aromatic heterocycles. The lowest BCUT2D eigenvalue weighted by molar-refractivity contribution is -0.132. The van der Waals surface area contributed by atoms with E-state index in [9.17, 15) is 9.59 Å². The van der Waals surface area contributed by atoms with Crippen molar-refractivity contribution in [3.05, 3.63) is 68.8 Å². The van der Waals surface area contributed by atoms with Gasteiger partial charge in [-0.05, 0) is 57.8 Å². The van der Waals surface area contributed by atoms with Crippen LogP contribution in [0.4, 0.5) is 0 Å². The van der Waals surface area contributed by atoms with Gasteiger partial charge in [-0.1, -0.05) is 62.4 Å². The molecule has 2 aromatic rings. The first-order valence-electron chi connectivity index (χ1n) is 8.61. The minimum atomic E-state index is -0.497. The minimum absolute atomic E-state index is 0.0366. The van der Waals surface area contributed by atoms with Crippen molar-refractivity contribution in [2.75, 3.05) is 0 Å². The Labute approximate surface area is 163 Å². The maximum absolute atomic E-state index is 12.0. The van der Waals surface area contributed by atoms with Gasteiger partial charge in [-0.3, -0.25) is 9.59 Å². The van der Waals surface area contributed by atoms with Gasteiger partial charge in [0.15, 0.2) is 0 Å². The second-order valence-electron chi connectivity index (χ2n) is 6.02. The Bertz CT molecular complexity index is 727. The van der Waals surface area contributed by atoms with Gasteiger partial charge in [-0.2, -0.15) is 0 Å². The van der Waals surface area contributed by atoms with E-state index in [1.807, 2.05) is 38.1 Å². The van der Waals surface area contributed by atoms with Gasteiger partial charge in [-0.25, -0.2) is 0 Å². The largest absolute Gasteiger partial charge is 0.299 e. The van der Waals surface area contributed by atoms with Crippen LogP contribution >= 0.6 is 22.6 Å².